The number of allylic oxidation sites excluding steroid dienone is 1. The molecule has 0 unspecified atom stereocenters. The van der Waals surface area contributed by atoms with Gasteiger partial charge >= 0.3 is 0 Å². The van der Waals surface area contributed by atoms with Crippen LogP contribution < -0.4 is 16.2 Å². The summed E-state index contributed by atoms with van der Waals surface area (Å²) in [5, 5.41) is 2.30. The monoisotopic (exact) mass is 159 g/mol. The molecule has 0 amide bonds. The van der Waals surface area contributed by atoms with Crippen molar-refractivity contribution in [1.82, 2.24) is 0 Å². The van der Waals surface area contributed by atoms with Gasteiger partial charge in [0, 0.05) is 5.70 Å². The van der Waals surface area contributed by atoms with E-state index >= 15 is 0 Å². The van der Waals surface area contributed by atoms with Gasteiger partial charge in [0.1, 0.15) is 0 Å². The molecule has 0 aliphatic heterocycles. The SMILES string of the molecule is C=C(N)/C=c1/cccc/c1=C/C. The minimum atomic E-state index is 0.587. The quantitative estimate of drug-likeness (QED) is 0.642. The van der Waals surface area contributed by atoms with Crippen LogP contribution in [0, 0.1) is 0 Å². The summed E-state index contributed by atoms with van der Waals surface area (Å²) in [7, 11) is 0. The third-order valence-electron chi connectivity index (χ3n) is 1.65. The van der Waals surface area contributed by atoms with Crippen molar-refractivity contribution in [3.63, 3.8) is 0 Å². The molecule has 0 spiro atoms. The predicted molar refractivity (Wildman–Crippen MR) is 53.6 cm³/mol. The highest BCUT2D eigenvalue weighted by Gasteiger charge is 1.81. The second-order valence-electron chi connectivity index (χ2n) is 2.64. The van der Waals surface area contributed by atoms with Gasteiger partial charge in [0.2, 0.25) is 0 Å². The van der Waals surface area contributed by atoms with E-state index in [1.54, 1.807) is 0 Å². The lowest BCUT2D eigenvalue weighted by atomic mass is 10.2. The van der Waals surface area contributed by atoms with Gasteiger partial charge in [0.25, 0.3) is 0 Å². The molecule has 0 saturated carbocycles. The standard InChI is InChI=1S/C11H13N/c1-3-10-6-4-5-7-11(10)8-9(2)12/h3-8H,2,12H2,1H3/b10-3-,11-8-. The highest BCUT2D eigenvalue weighted by molar-refractivity contribution is 5.43. The number of hydrogen-bond acceptors (Lipinski definition) is 1. The molecule has 12 heavy (non-hydrogen) atoms. The average Bonchev–Trinajstić information content (AvgIpc) is 2.04. The maximum Gasteiger partial charge on any atom is 0.0247 e. The third-order valence-corrected chi connectivity index (χ3v) is 1.65. The summed E-state index contributed by atoms with van der Waals surface area (Å²) in [5.41, 5.74) is 6.07. The van der Waals surface area contributed by atoms with Crippen LogP contribution in [0.15, 0.2) is 36.5 Å². The predicted octanol–water partition coefficient (Wildman–Crippen LogP) is 0.740. The van der Waals surface area contributed by atoms with Gasteiger partial charge in [-0.15, -0.1) is 0 Å². The van der Waals surface area contributed by atoms with Crippen molar-refractivity contribution in [2.75, 3.05) is 0 Å². The van der Waals surface area contributed by atoms with E-state index in [0.717, 1.165) is 5.22 Å². The zero-order valence-corrected chi connectivity index (χ0v) is 7.25. The van der Waals surface area contributed by atoms with Gasteiger partial charge in [-0.25, -0.2) is 0 Å². The largest absolute Gasteiger partial charge is 0.399 e. The summed E-state index contributed by atoms with van der Waals surface area (Å²) in [4.78, 5) is 0. The van der Waals surface area contributed by atoms with Gasteiger partial charge in [0.15, 0.2) is 0 Å². The molecule has 1 nitrogen and oxygen atoms in total. The first kappa shape index (κ1) is 8.60. The van der Waals surface area contributed by atoms with Gasteiger partial charge in [-0.2, -0.15) is 0 Å². The molecule has 1 aromatic carbocycles. The molecule has 0 radical (unpaired) electrons. The Kier molecular flexibility index (Phi) is 2.70. The average molecular weight is 159 g/mol. The van der Waals surface area contributed by atoms with E-state index in [9.17, 15) is 0 Å². The Labute approximate surface area is 72.5 Å². The Hall–Kier alpha value is -1.50. The number of nitrogens with two attached hydrogens (primary N) is 1. The molecule has 0 atom stereocenters. The van der Waals surface area contributed by atoms with E-state index in [2.05, 4.69) is 18.7 Å². The molecule has 0 fully saturated rings. The topological polar surface area (TPSA) is 26.0 Å². The maximum absolute atomic E-state index is 5.48. The van der Waals surface area contributed by atoms with E-state index in [-0.39, 0.29) is 0 Å². The van der Waals surface area contributed by atoms with E-state index in [4.69, 9.17) is 5.73 Å². The fraction of sp³-hybridized carbons (Fsp3) is 0.0909. The van der Waals surface area contributed by atoms with Crippen LogP contribution in [0.5, 0.6) is 0 Å². The Morgan fingerprint density at radius 1 is 1.33 bits per heavy atom. The fourth-order valence-corrected chi connectivity index (χ4v) is 1.10. The van der Waals surface area contributed by atoms with Crippen LogP contribution in [0.4, 0.5) is 0 Å². The Morgan fingerprint density at radius 3 is 2.42 bits per heavy atom. The summed E-state index contributed by atoms with van der Waals surface area (Å²) in [6.07, 6.45) is 3.92. The van der Waals surface area contributed by atoms with Crippen molar-refractivity contribution in [2.24, 2.45) is 5.73 Å². The molecule has 0 saturated heterocycles. The summed E-state index contributed by atoms with van der Waals surface area (Å²) >= 11 is 0. The van der Waals surface area contributed by atoms with Crippen molar-refractivity contribution in [3.05, 3.63) is 47.0 Å². The minimum Gasteiger partial charge on any atom is -0.399 e. The second-order valence-corrected chi connectivity index (χ2v) is 2.64. The van der Waals surface area contributed by atoms with Crippen molar-refractivity contribution in [1.29, 1.82) is 0 Å². The van der Waals surface area contributed by atoms with Crippen LogP contribution in [-0.4, -0.2) is 0 Å². The summed E-state index contributed by atoms with van der Waals surface area (Å²) in [5.74, 6) is 0. The second kappa shape index (κ2) is 3.77. The zero-order chi connectivity index (χ0) is 8.97. The molecular formula is C11H13N. The van der Waals surface area contributed by atoms with Gasteiger partial charge in [-0.05, 0) is 23.4 Å². The fourth-order valence-electron chi connectivity index (χ4n) is 1.10. The maximum atomic E-state index is 5.48. The molecule has 1 aromatic rings. The van der Waals surface area contributed by atoms with Crippen LogP contribution in [0.2, 0.25) is 0 Å². The van der Waals surface area contributed by atoms with Gasteiger partial charge in [-0.1, -0.05) is 36.9 Å². The highest BCUT2D eigenvalue weighted by atomic mass is 14.5. The summed E-state index contributed by atoms with van der Waals surface area (Å²) in [6, 6.07) is 8.07. The highest BCUT2D eigenvalue weighted by Crippen LogP contribution is 1.77. The lowest BCUT2D eigenvalue weighted by Crippen LogP contribution is -2.23. The first-order valence-electron chi connectivity index (χ1n) is 3.91. The molecular weight excluding hydrogens is 146 g/mol. The lowest BCUT2D eigenvalue weighted by Gasteiger charge is -1.89. The molecule has 62 valence electrons. The number of benzene rings is 1. The van der Waals surface area contributed by atoms with Crippen LogP contribution in [0.25, 0.3) is 12.2 Å². The first-order valence-corrected chi connectivity index (χ1v) is 3.91. The third kappa shape index (κ3) is 1.99. The van der Waals surface area contributed by atoms with E-state index in [1.165, 1.54) is 5.22 Å². The van der Waals surface area contributed by atoms with Crippen molar-refractivity contribution < 1.29 is 0 Å². The van der Waals surface area contributed by atoms with Gasteiger partial charge < -0.3 is 5.73 Å². The summed E-state index contributed by atoms with van der Waals surface area (Å²) < 4.78 is 0. The number of rotatable bonds is 1. The minimum absolute atomic E-state index is 0.587. The zero-order valence-electron chi connectivity index (χ0n) is 7.25. The molecule has 0 aromatic heterocycles. The van der Waals surface area contributed by atoms with E-state index < -0.39 is 0 Å². The normalized spacial score (nSPS) is 13.4. The molecule has 1 heteroatoms. The summed E-state index contributed by atoms with van der Waals surface area (Å²) in [6.45, 7) is 5.64. The first-order chi connectivity index (χ1) is 5.74. The lowest BCUT2D eigenvalue weighted by molar-refractivity contribution is 1.45. The van der Waals surface area contributed by atoms with Crippen LogP contribution in [-0.2, 0) is 0 Å². The van der Waals surface area contributed by atoms with E-state index in [1.807, 2.05) is 31.2 Å². The van der Waals surface area contributed by atoms with Gasteiger partial charge in [0.05, 0.1) is 0 Å². The smallest absolute Gasteiger partial charge is 0.0247 e. The molecule has 0 heterocycles. The number of hydrogen-bond donors (Lipinski definition) is 1. The van der Waals surface area contributed by atoms with E-state index in [0.29, 0.717) is 5.70 Å². The van der Waals surface area contributed by atoms with Crippen LogP contribution >= 0.6 is 0 Å². The Balaban J connectivity index is 3.43. The van der Waals surface area contributed by atoms with Crippen LogP contribution in [0.1, 0.15) is 6.92 Å². The molecule has 0 aliphatic rings. The molecule has 0 aliphatic carbocycles. The molecule has 2 N–H and O–H groups in total. The van der Waals surface area contributed by atoms with Crippen LogP contribution in [0.3, 0.4) is 0 Å². The Morgan fingerprint density at radius 2 is 1.92 bits per heavy atom. The Bertz CT molecular complexity index is 388. The van der Waals surface area contributed by atoms with Crippen molar-refractivity contribution >= 4 is 12.2 Å². The van der Waals surface area contributed by atoms with Crippen molar-refractivity contribution in [2.45, 2.75) is 6.92 Å². The molecule has 0 bridgehead atoms. The molecule has 1 rings (SSSR count). The van der Waals surface area contributed by atoms with Crippen molar-refractivity contribution in [3.8, 4) is 0 Å². The van der Waals surface area contributed by atoms with Gasteiger partial charge in [-0.3, -0.25) is 0 Å².